The Morgan fingerprint density at radius 2 is 1.00 bits per heavy atom. The molecule has 3 aromatic rings. The van der Waals surface area contributed by atoms with Crippen molar-refractivity contribution in [2.24, 2.45) is 0 Å². The number of fused-ring (bicyclic) bond motifs is 3. The Balaban J connectivity index is 1.99. The van der Waals surface area contributed by atoms with E-state index in [1.54, 1.807) is 24.3 Å². The summed E-state index contributed by atoms with van der Waals surface area (Å²) < 4.78 is 40.4. The first-order valence-electron chi connectivity index (χ1n) is 6.79. The lowest BCUT2D eigenvalue weighted by Crippen LogP contribution is -1.84. The SMILES string of the molecule is Fc1ccc([SH]2c3ccc(F)cc3-c3cc(F)ccc32)cc1. The fourth-order valence-electron chi connectivity index (χ4n) is 2.84. The molecule has 0 saturated heterocycles. The van der Waals surface area contributed by atoms with Gasteiger partial charge in [-0.1, -0.05) is 0 Å². The van der Waals surface area contributed by atoms with Crippen LogP contribution in [0.1, 0.15) is 0 Å². The normalized spacial score (nSPS) is 13.9. The highest BCUT2D eigenvalue weighted by Crippen LogP contribution is 2.62. The topological polar surface area (TPSA) is 0 Å². The molecule has 0 amide bonds. The number of halogens is 3. The van der Waals surface area contributed by atoms with Crippen molar-refractivity contribution < 1.29 is 13.2 Å². The minimum atomic E-state index is -0.909. The van der Waals surface area contributed by atoms with Crippen molar-refractivity contribution in [1.82, 2.24) is 0 Å². The quantitative estimate of drug-likeness (QED) is 0.437. The zero-order valence-corrected chi connectivity index (χ0v) is 12.2. The Morgan fingerprint density at radius 3 is 1.50 bits per heavy atom. The molecule has 22 heavy (non-hydrogen) atoms. The number of rotatable bonds is 1. The third-order valence-electron chi connectivity index (χ3n) is 3.77. The lowest BCUT2D eigenvalue weighted by molar-refractivity contribution is 0.624. The molecule has 1 aliphatic heterocycles. The van der Waals surface area contributed by atoms with Crippen molar-refractivity contribution in [3.8, 4) is 11.1 Å². The molecule has 0 bridgehead atoms. The molecule has 0 N–H and O–H groups in total. The van der Waals surface area contributed by atoms with Gasteiger partial charge < -0.3 is 0 Å². The van der Waals surface area contributed by atoms with Crippen LogP contribution in [-0.2, 0) is 0 Å². The van der Waals surface area contributed by atoms with E-state index in [0.29, 0.717) is 0 Å². The van der Waals surface area contributed by atoms with Gasteiger partial charge in [-0.05, 0) is 76.7 Å². The minimum absolute atomic E-state index is 0.295. The van der Waals surface area contributed by atoms with Crippen molar-refractivity contribution in [3.05, 3.63) is 78.1 Å². The Labute approximate surface area is 128 Å². The zero-order chi connectivity index (χ0) is 15.3. The summed E-state index contributed by atoms with van der Waals surface area (Å²) in [5.41, 5.74) is 1.45. The van der Waals surface area contributed by atoms with Gasteiger partial charge in [0.15, 0.2) is 0 Å². The van der Waals surface area contributed by atoms with E-state index >= 15 is 0 Å². The van der Waals surface area contributed by atoms with Crippen LogP contribution < -0.4 is 0 Å². The van der Waals surface area contributed by atoms with Gasteiger partial charge in [0, 0.05) is 9.79 Å². The number of thiol groups is 1. The Morgan fingerprint density at radius 1 is 0.545 bits per heavy atom. The van der Waals surface area contributed by atoms with E-state index in [1.165, 1.54) is 36.4 Å². The second-order valence-electron chi connectivity index (χ2n) is 5.13. The van der Waals surface area contributed by atoms with Crippen LogP contribution in [-0.4, -0.2) is 0 Å². The van der Waals surface area contributed by atoms with Crippen LogP contribution in [0.3, 0.4) is 0 Å². The maximum Gasteiger partial charge on any atom is 0.123 e. The van der Waals surface area contributed by atoms with E-state index in [1.807, 2.05) is 0 Å². The molecule has 0 saturated carbocycles. The van der Waals surface area contributed by atoms with E-state index in [2.05, 4.69) is 0 Å². The Kier molecular flexibility index (Phi) is 3.01. The minimum Gasteiger partial charge on any atom is -0.207 e. The Bertz CT molecular complexity index is 821. The molecule has 0 atom stereocenters. The lowest BCUT2D eigenvalue weighted by atomic mass is 10.1. The van der Waals surface area contributed by atoms with Gasteiger partial charge in [-0.15, -0.1) is 0 Å². The molecule has 1 heterocycles. The average Bonchev–Trinajstić information content (AvgIpc) is 2.81. The standard InChI is InChI=1S/C18H11F3S/c19-11-1-5-14(6-2-11)22-17-7-3-12(20)9-15(17)16-10-13(21)4-8-18(16)22/h1-10,22H. The molecule has 0 radical (unpaired) electrons. The van der Waals surface area contributed by atoms with Gasteiger partial charge in [0.1, 0.15) is 17.5 Å². The molecular formula is C18H11F3S. The zero-order valence-electron chi connectivity index (χ0n) is 11.4. The molecule has 0 fully saturated rings. The van der Waals surface area contributed by atoms with Crippen molar-refractivity contribution in [3.63, 3.8) is 0 Å². The molecule has 0 nitrogen and oxygen atoms in total. The maximum absolute atomic E-state index is 13.6. The third kappa shape index (κ3) is 2.03. The largest absolute Gasteiger partial charge is 0.207 e. The smallest absolute Gasteiger partial charge is 0.123 e. The first-order valence-corrected chi connectivity index (χ1v) is 8.13. The number of benzene rings is 3. The van der Waals surface area contributed by atoms with Crippen LogP contribution in [0.4, 0.5) is 13.2 Å². The van der Waals surface area contributed by atoms with E-state index in [-0.39, 0.29) is 17.5 Å². The van der Waals surface area contributed by atoms with Gasteiger partial charge in [0.2, 0.25) is 0 Å². The van der Waals surface area contributed by atoms with Gasteiger partial charge in [0.25, 0.3) is 0 Å². The molecule has 4 heteroatoms. The highest BCUT2D eigenvalue weighted by molar-refractivity contribution is 8.17. The molecule has 3 aromatic carbocycles. The third-order valence-corrected chi connectivity index (χ3v) is 6.33. The summed E-state index contributed by atoms with van der Waals surface area (Å²) in [6.45, 7) is 0. The second-order valence-corrected chi connectivity index (χ2v) is 7.29. The van der Waals surface area contributed by atoms with Gasteiger partial charge in [-0.25, -0.2) is 13.2 Å². The summed E-state index contributed by atoms with van der Waals surface area (Å²) in [5, 5.41) is 0. The van der Waals surface area contributed by atoms with Gasteiger partial charge in [0.05, 0.1) is 0 Å². The monoisotopic (exact) mass is 316 g/mol. The van der Waals surface area contributed by atoms with Crippen molar-refractivity contribution >= 4 is 10.9 Å². The summed E-state index contributed by atoms with van der Waals surface area (Å²) in [6.07, 6.45) is 0. The van der Waals surface area contributed by atoms with Crippen LogP contribution in [0.25, 0.3) is 11.1 Å². The predicted octanol–water partition coefficient (Wildman–Crippen LogP) is 5.56. The predicted molar refractivity (Wildman–Crippen MR) is 82.0 cm³/mol. The summed E-state index contributed by atoms with van der Waals surface area (Å²) in [5.74, 6) is -0.980. The summed E-state index contributed by atoms with van der Waals surface area (Å²) in [4.78, 5) is 2.92. The molecule has 0 spiro atoms. The number of hydrogen-bond acceptors (Lipinski definition) is 0. The summed E-state index contributed by atoms with van der Waals surface area (Å²) in [7, 11) is -0.909. The fourth-order valence-corrected chi connectivity index (χ4v) is 5.40. The van der Waals surface area contributed by atoms with Crippen LogP contribution in [0.5, 0.6) is 0 Å². The summed E-state index contributed by atoms with van der Waals surface area (Å²) in [6, 6.07) is 15.5. The maximum atomic E-state index is 13.6. The van der Waals surface area contributed by atoms with E-state index in [9.17, 15) is 13.2 Å². The molecular weight excluding hydrogens is 305 g/mol. The molecule has 110 valence electrons. The fraction of sp³-hybridized carbons (Fsp3) is 0. The van der Waals surface area contributed by atoms with Crippen LogP contribution >= 0.6 is 10.9 Å². The molecule has 1 aliphatic rings. The lowest BCUT2D eigenvalue weighted by Gasteiger charge is -2.18. The van der Waals surface area contributed by atoms with Gasteiger partial charge in [-0.2, -0.15) is 10.9 Å². The Hall–Kier alpha value is -2.20. The highest BCUT2D eigenvalue weighted by atomic mass is 32.2. The van der Waals surface area contributed by atoms with Crippen molar-refractivity contribution in [2.75, 3.05) is 0 Å². The first-order chi connectivity index (χ1) is 10.6. The molecule has 0 aliphatic carbocycles. The molecule has 0 unspecified atom stereocenters. The van der Waals surface area contributed by atoms with Crippen LogP contribution in [0.15, 0.2) is 75.4 Å². The van der Waals surface area contributed by atoms with Crippen LogP contribution in [0, 0.1) is 17.5 Å². The van der Waals surface area contributed by atoms with E-state index in [4.69, 9.17) is 0 Å². The van der Waals surface area contributed by atoms with E-state index in [0.717, 1.165) is 25.8 Å². The van der Waals surface area contributed by atoms with Gasteiger partial charge >= 0.3 is 0 Å². The van der Waals surface area contributed by atoms with Crippen LogP contribution in [0.2, 0.25) is 0 Å². The highest BCUT2D eigenvalue weighted by Gasteiger charge is 2.28. The van der Waals surface area contributed by atoms with Gasteiger partial charge in [-0.3, -0.25) is 0 Å². The first kappa shape index (κ1) is 13.5. The van der Waals surface area contributed by atoms with Crippen molar-refractivity contribution in [2.45, 2.75) is 14.7 Å². The molecule has 0 aromatic heterocycles. The average molecular weight is 316 g/mol. The molecule has 4 rings (SSSR count). The summed E-state index contributed by atoms with van der Waals surface area (Å²) >= 11 is 0. The van der Waals surface area contributed by atoms with Crippen molar-refractivity contribution in [1.29, 1.82) is 0 Å². The second kappa shape index (κ2) is 4.92. The number of hydrogen-bond donors (Lipinski definition) is 1. The van der Waals surface area contributed by atoms with E-state index < -0.39 is 10.9 Å².